The topological polar surface area (TPSA) is 104 Å². The molecule has 2 aromatic carbocycles. The zero-order valence-corrected chi connectivity index (χ0v) is 17.1. The number of rotatable bonds is 6. The number of fused-ring (bicyclic) bond motifs is 1. The van der Waals surface area contributed by atoms with Crippen molar-refractivity contribution in [2.45, 2.75) is 25.4 Å². The molecule has 4 rings (SSSR count). The molecule has 0 saturated heterocycles. The summed E-state index contributed by atoms with van der Waals surface area (Å²) in [6, 6.07) is 14.4. The number of aryl methyl sites for hydroxylation is 1. The van der Waals surface area contributed by atoms with Crippen LogP contribution in [0.25, 0.3) is 0 Å². The van der Waals surface area contributed by atoms with Gasteiger partial charge in [-0.3, -0.25) is 14.6 Å². The number of nitrogens with zero attached hydrogens (tertiary/aromatic N) is 1. The molecule has 1 heterocycles. The third kappa shape index (κ3) is 4.66. The summed E-state index contributed by atoms with van der Waals surface area (Å²) in [7, 11) is 1.58. The molecule has 1 aromatic heterocycles. The predicted molar refractivity (Wildman–Crippen MR) is 116 cm³/mol. The van der Waals surface area contributed by atoms with Crippen LogP contribution in [0.5, 0.6) is 11.5 Å². The van der Waals surface area contributed by atoms with E-state index in [1.807, 2.05) is 18.2 Å². The minimum atomic E-state index is -0.550. The lowest BCUT2D eigenvalue weighted by molar-refractivity contribution is 0.0996. The first-order valence-electron chi connectivity index (χ1n) is 10.0. The van der Waals surface area contributed by atoms with Crippen molar-refractivity contribution >= 4 is 17.5 Å². The lowest BCUT2D eigenvalue weighted by Gasteiger charge is -2.27. The number of amides is 2. The second-order valence-electron chi connectivity index (χ2n) is 7.37. The molecule has 1 aliphatic carbocycles. The largest absolute Gasteiger partial charge is 0.497 e. The third-order valence-electron chi connectivity index (χ3n) is 5.29. The Hall–Kier alpha value is -3.87. The van der Waals surface area contributed by atoms with E-state index in [1.165, 1.54) is 11.8 Å². The van der Waals surface area contributed by atoms with Gasteiger partial charge in [0, 0.05) is 17.4 Å². The molecule has 31 heavy (non-hydrogen) atoms. The van der Waals surface area contributed by atoms with Crippen LogP contribution in [0.4, 0.5) is 5.69 Å². The van der Waals surface area contributed by atoms with E-state index in [4.69, 9.17) is 15.2 Å². The van der Waals surface area contributed by atoms with Gasteiger partial charge in [0.1, 0.15) is 17.6 Å². The number of benzene rings is 2. The van der Waals surface area contributed by atoms with E-state index in [0.29, 0.717) is 28.3 Å². The molecular formula is C24H23N3O4. The molecule has 2 amide bonds. The number of hydrogen-bond donors (Lipinski definition) is 2. The highest BCUT2D eigenvalue weighted by molar-refractivity contribution is 6.04. The van der Waals surface area contributed by atoms with Gasteiger partial charge in [-0.15, -0.1) is 0 Å². The maximum atomic E-state index is 12.6. The Bertz CT molecular complexity index is 1110. The average Bonchev–Trinajstić information content (AvgIpc) is 2.79. The molecule has 0 aliphatic heterocycles. The Labute approximate surface area is 180 Å². The average molecular weight is 417 g/mol. The molecule has 0 fully saturated rings. The Morgan fingerprint density at radius 3 is 2.58 bits per heavy atom. The summed E-state index contributed by atoms with van der Waals surface area (Å²) in [5.41, 5.74) is 9.07. The van der Waals surface area contributed by atoms with Crippen molar-refractivity contribution in [1.29, 1.82) is 0 Å². The summed E-state index contributed by atoms with van der Waals surface area (Å²) in [4.78, 5) is 28.1. The van der Waals surface area contributed by atoms with E-state index in [0.717, 1.165) is 24.8 Å². The fourth-order valence-electron chi connectivity index (χ4n) is 3.68. The highest BCUT2D eigenvalue weighted by atomic mass is 16.5. The van der Waals surface area contributed by atoms with E-state index in [-0.39, 0.29) is 12.0 Å². The first-order chi connectivity index (χ1) is 15.0. The van der Waals surface area contributed by atoms with Crippen molar-refractivity contribution in [1.82, 2.24) is 4.98 Å². The molecule has 3 aromatic rings. The quantitative estimate of drug-likeness (QED) is 0.633. The molecule has 7 nitrogen and oxygen atoms in total. The number of hydrogen-bond acceptors (Lipinski definition) is 5. The zero-order chi connectivity index (χ0) is 21.8. The van der Waals surface area contributed by atoms with Crippen LogP contribution in [0.15, 0.2) is 60.9 Å². The van der Waals surface area contributed by atoms with Crippen LogP contribution in [0.3, 0.4) is 0 Å². The van der Waals surface area contributed by atoms with E-state index >= 15 is 0 Å². The normalized spacial score (nSPS) is 14.9. The van der Waals surface area contributed by atoms with E-state index < -0.39 is 5.91 Å². The molecule has 1 atom stereocenters. The third-order valence-corrected chi connectivity index (χ3v) is 5.29. The molecule has 3 N–H and O–H groups in total. The number of pyridine rings is 1. The van der Waals surface area contributed by atoms with Crippen molar-refractivity contribution in [2.24, 2.45) is 5.73 Å². The van der Waals surface area contributed by atoms with E-state index in [1.54, 1.807) is 43.6 Å². The summed E-state index contributed by atoms with van der Waals surface area (Å²) in [6.45, 7) is 0. The Kier molecular flexibility index (Phi) is 5.84. The molecule has 0 spiro atoms. The second kappa shape index (κ2) is 8.87. The van der Waals surface area contributed by atoms with Gasteiger partial charge in [0.2, 0.25) is 5.91 Å². The van der Waals surface area contributed by atoms with Gasteiger partial charge in [-0.1, -0.05) is 6.07 Å². The van der Waals surface area contributed by atoms with Gasteiger partial charge >= 0.3 is 0 Å². The highest BCUT2D eigenvalue weighted by Gasteiger charge is 2.23. The van der Waals surface area contributed by atoms with Gasteiger partial charge in [0.05, 0.1) is 18.9 Å². The summed E-state index contributed by atoms with van der Waals surface area (Å²) in [5, 5.41) is 2.95. The van der Waals surface area contributed by atoms with Crippen LogP contribution in [-0.2, 0) is 6.42 Å². The molecule has 0 bridgehead atoms. The monoisotopic (exact) mass is 417 g/mol. The molecule has 7 heteroatoms. The van der Waals surface area contributed by atoms with Gasteiger partial charge < -0.3 is 20.5 Å². The van der Waals surface area contributed by atoms with Crippen LogP contribution in [0, 0.1) is 0 Å². The second-order valence-corrected chi connectivity index (χ2v) is 7.37. The first-order valence-corrected chi connectivity index (χ1v) is 10.0. The summed E-state index contributed by atoms with van der Waals surface area (Å²) < 4.78 is 11.3. The Balaban J connectivity index is 1.53. The zero-order valence-electron chi connectivity index (χ0n) is 17.1. The number of nitrogens with one attached hydrogen (secondary N) is 1. The van der Waals surface area contributed by atoms with Gasteiger partial charge in [-0.25, -0.2) is 0 Å². The number of primary amides is 1. The molecule has 1 aliphatic rings. The Morgan fingerprint density at radius 1 is 1.03 bits per heavy atom. The lowest BCUT2D eigenvalue weighted by atomic mass is 9.89. The van der Waals surface area contributed by atoms with E-state index in [2.05, 4.69) is 10.3 Å². The summed E-state index contributed by atoms with van der Waals surface area (Å²) in [5.74, 6) is 0.432. The summed E-state index contributed by atoms with van der Waals surface area (Å²) >= 11 is 0. The number of ether oxygens (including phenoxy) is 2. The maximum absolute atomic E-state index is 12.6. The van der Waals surface area contributed by atoms with Gasteiger partial charge in [0.15, 0.2) is 0 Å². The van der Waals surface area contributed by atoms with Crippen molar-refractivity contribution in [3.05, 3.63) is 83.2 Å². The van der Waals surface area contributed by atoms with Crippen LogP contribution in [0.1, 0.15) is 50.8 Å². The van der Waals surface area contributed by atoms with Gasteiger partial charge in [-0.05, 0) is 72.9 Å². The molecule has 1 unspecified atom stereocenters. The summed E-state index contributed by atoms with van der Waals surface area (Å²) in [6.07, 6.45) is 5.53. The van der Waals surface area contributed by atoms with Crippen molar-refractivity contribution in [3.63, 3.8) is 0 Å². The van der Waals surface area contributed by atoms with Crippen LogP contribution < -0.4 is 20.5 Å². The number of carbonyl (C=O) groups is 2. The van der Waals surface area contributed by atoms with E-state index in [9.17, 15) is 9.59 Å². The standard InChI is InChI=1S/C24H23N3O4/c1-30-19-9-6-16(7-10-19)24(29)27-18-8-5-15-3-2-4-22(21(15)12-18)31-20-11-17(23(25)28)13-26-14-20/h5-14,22H,2-4H2,1H3,(H2,25,28)(H,27,29). The number of methoxy groups -OCH3 is 1. The van der Waals surface area contributed by atoms with Crippen LogP contribution >= 0.6 is 0 Å². The number of anilines is 1. The predicted octanol–water partition coefficient (Wildman–Crippen LogP) is 3.90. The highest BCUT2D eigenvalue weighted by Crippen LogP contribution is 2.35. The minimum Gasteiger partial charge on any atom is -0.497 e. The lowest BCUT2D eigenvalue weighted by Crippen LogP contribution is -2.18. The van der Waals surface area contributed by atoms with Crippen molar-refractivity contribution < 1.29 is 19.1 Å². The minimum absolute atomic E-state index is 0.200. The molecule has 0 radical (unpaired) electrons. The van der Waals surface area contributed by atoms with Gasteiger partial charge in [0.25, 0.3) is 5.91 Å². The molecule has 0 saturated carbocycles. The number of aromatic nitrogens is 1. The molecule has 158 valence electrons. The van der Waals surface area contributed by atoms with Crippen molar-refractivity contribution in [3.8, 4) is 11.5 Å². The fraction of sp³-hybridized carbons (Fsp3) is 0.208. The number of carbonyl (C=O) groups excluding carboxylic acids is 2. The SMILES string of the molecule is COc1ccc(C(=O)Nc2ccc3c(c2)C(Oc2cncc(C(N)=O)c2)CCC3)cc1. The fourth-order valence-corrected chi connectivity index (χ4v) is 3.68. The smallest absolute Gasteiger partial charge is 0.255 e. The van der Waals surface area contributed by atoms with Gasteiger partial charge in [-0.2, -0.15) is 0 Å². The first kappa shape index (κ1) is 20.4. The maximum Gasteiger partial charge on any atom is 0.255 e. The van der Waals surface area contributed by atoms with Crippen LogP contribution in [0.2, 0.25) is 0 Å². The molecular weight excluding hydrogens is 394 g/mol. The number of nitrogens with two attached hydrogens (primary N) is 1. The Morgan fingerprint density at radius 2 is 1.84 bits per heavy atom. The van der Waals surface area contributed by atoms with Crippen LogP contribution in [-0.4, -0.2) is 23.9 Å². The van der Waals surface area contributed by atoms with Crippen molar-refractivity contribution in [2.75, 3.05) is 12.4 Å².